The molecule has 0 aromatic heterocycles. The minimum atomic E-state index is 0.0445. The van der Waals surface area contributed by atoms with Crippen molar-refractivity contribution in [1.29, 1.82) is 0 Å². The number of benzene rings is 1. The lowest BCUT2D eigenvalue weighted by atomic mass is 10.2. The van der Waals surface area contributed by atoms with Crippen LogP contribution < -0.4 is 10.6 Å². The minimum absolute atomic E-state index is 0.0445. The van der Waals surface area contributed by atoms with E-state index >= 15 is 0 Å². The molecule has 0 radical (unpaired) electrons. The van der Waals surface area contributed by atoms with E-state index in [0.29, 0.717) is 40.3 Å². The highest BCUT2D eigenvalue weighted by atomic mass is 79.9. The van der Waals surface area contributed by atoms with Gasteiger partial charge in [-0.05, 0) is 18.1 Å². The van der Waals surface area contributed by atoms with Crippen LogP contribution in [0.3, 0.4) is 0 Å². The Morgan fingerprint density at radius 3 is 2.47 bits per heavy atom. The van der Waals surface area contributed by atoms with Crippen LogP contribution in [0.1, 0.15) is 6.42 Å². The number of nitrogens with two attached hydrogens (primary N) is 1. The van der Waals surface area contributed by atoms with E-state index in [4.69, 9.17) is 28.9 Å². The second-order valence-corrected chi connectivity index (χ2v) is 5.52. The van der Waals surface area contributed by atoms with Crippen molar-refractivity contribution in [2.75, 3.05) is 22.5 Å². The first-order valence-electron chi connectivity index (χ1n) is 5.13. The Balaban J connectivity index is 2.38. The number of nitrogen functional groups attached to an aromatic ring is 1. The summed E-state index contributed by atoms with van der Waals surface area (Å²) < 4.78 is 0. The molecule has 1 heterocycles. The Morgan fingerprint density at radius 1 is 1.41 bits per heavy atom. The van der Waals surface area contributed by atoms with E-state index in [-0.39, 0.29) is 5.91 Å². The van der Waals surface area contributed by atoms with Crippen LogP contribution in [-0.2, 0) is 4.79 Å². The van der Waals surface area contributed by atoms with Crippen LogP contribution in [0.15, 0.2) is 12.1 Å². The summed E-state index contributed by atoms with van der Waals surface area (Å²) >= 11 is 15.6. The number of carbonyl (C=O) groups excluding carboxylic acids is 1. The van der Waals surface area contributed by atoms with Crippen molar-refractivity contribution in [1.82, 2.24) is 0 Å². The summed E-state index contributed by atoms with van der Waals surface area (Å²) in [6.07, 6.45) is 0.516. The van der Waals surface area contributed by atoms with Crippen LogP contribution in [0, 0.1) is 5.92 Å². The first-order chi connectivity index (χ1) is 8.02. The molecule has 1 amide bonds. The van der Waals surface area contributed by atoms with Gasteiger partial charge in [-0.25, -0.2) is 0 Å². The number of hydrogen-bond acceptors (Lipinski definition) is 2. The number of anilines is 2. The molecule has 6 heteroatoms. The van der Waals surface area contributed by atoms with Gasteiger partial charge in [0.2, 0.25) is 5.91 Å². The molecule has 1 aliphatic rings. The van der Waals surface area contributed by atoms with Crippen molar-refractivity contribution in [2.45, 2.75) is 6.42 Å². The van der Waals surface area contributed by atoms with E-state index < -0.39 is 0 Å². The maximum atomic E-state index is 11.9. The van der Waals surface area contributed by atoms with E-state index in [1.165, 1.54) is 0 Å². The van der Waals surface area contributed by atoms with Gasteiger partial charge in [0.25, 0.3) is 0 Å². The molecule has 1 saturated heterocycles. The van der Waals surface area contributed by atoms with Crippen molar-refractivity contribution in [3.63, 3.8) is 0 Å². The van der Waals surface area contributed by atoms with Crippen LogP contribution in [-0.4, -0.2) is 17.8 Å². The fourth-order valence-corrected chi connectivity index (χ4v) is 3.09. The SMILES string of the molecule is Nc1cc(Cl)c(N2CC(CBr)CC2=O)c(Cl)c1. The molecular formula is C11H11BrCl2N2O. The summed E-state index contributed by atoms with van der Waals surface area (Å²) in [6.45, 7) is 0.632. The zero-order valence-corrected chi connectivity index (χ0v) is 12.0. The average Bonchev–Trinajstić information content (AvgIpc) is 2.59. The maximum absolute atomic E-state index is 11.9. The van der Waals surface area contributed by atoms with Crippen LogP contribution in [0.25, 0.3) is 0 Å². The predicted octanol–water partition coefficient (Wildman–Crippen LogP) is 3.32. The van der Waals surface area contributed by atoms with E-state index in [1.807, 2.05) is 0 Å². The summed E-state index contributed by atoms with van der Waals surface area (Å²) in [5.74, 6) is 0.343. The van der Waals surface area contributed by atoms with Gasteiger partial charge in [0.1, 0.15) is 0 Å². The first-order valence-corrected chi connectivity index (χ1v) is 7.01. The Labute approximate surface area is 118 Å². The van der Waals surface area contributed by atoms with Gasteiger partial charge in [0.15, 0.2) is 0 Å². The monoisotopic (exact) mass is 336 g/mol. The van der Waals surface area contributed by atoms with Crippen LogP contribution in [0.4, 0.5) is 11.4 Å². The molecule has 1 aromatic rings. The van der Waals surface area contributed by atoms with E-state index in [9.17, 15) is 4.79 Å². The van der Waals surface area contributed by atoms with Gasteiger partial charge in [0.05, 0.1) is 15.7 Å². The Hall–Kier alpha value is -0.450. The largest absolute Gasteiger partial charge is 0.399 e. The van der Waals surface area contributed by atoms with Gasteiger partial charge < -0.3 is 10.6 Å². The molecule has 0 spiro atoms. The highest BCUT2D eigenvalue weighted by molar-refractivity contribution is 9.09. The number of carbonyl (C=O) groups is 1. The molecule has 1 atom stereocenters. The first kappa shape index (κ1) is 13.0. The lowest BCUT2D eigenvalue weighted by Crippen LogP contribution is -2.25. The average molecular weight is 338 g/mol. The van der Waals surface area contributed by atoms with Gasteiger partial charge in [-0.3, -0.25) is 4.79 Å². The van der Waals surface area contributed by atoms with Gasteiger partial charge in [-0.2, -0.15) is 0 Å². The smallest absolute Gasteiger partial charge is 0.227 e. The Kier molecular flexibility index (Phi) is 3.85. The molecule has 0 saturated carbocycles. The Bertz CT molecular complexity index is 444. The third kappa shape index (κ3) is 2.54. The molecule has 17 heavy (non-hydrogen) atoms. The summed E-state index contributed by atoms with van der Waals surface area (Å²) in [7, 11) is 0. The maximum Gasteiger partial charge on any atom is 0.227 e. The molecule has 1 fully saturated rings. The number of alkyl halides is 1. The van der Waals surface area contributed by atoms with Gasteiger partial charge in [-0.1, -0.05) is 39.1 Å². The molecular weight excluding hydrogens is 327 g/mol. The second-order valence-electron chi connectivity index (χ2n) is 4.06. The van der Waals surface area contributed by atoms with Gasteiger partial charge in [-0.15, -0.1) is 0 Å². The molecule has 3 nitrogen and oxygen atoms in total. The zero-order chi connectivity index (χ0) is 12.6. The number of halogens is 3. The second kappa shape index (κ2) is 5.04. The zero-order valence-electron chi connectivity index (χ0n) is 8.92. The third-order valence-corrected chi connectivity index (χ3v) is 4.22. The Morgan fingerprint density at radius 2 is 2.00 bits per heavy atom. The molecule has 1 aliphatic heterocycles. The van der Waals surface area contributed by atoms with E-state index in [0.717, 1.165) is 5.33 Å². The molecule has 2 N–H and O–H groups in total. The summed E-state index contributed by atoms with van der Waals surface area (Å²) in [5.41, 5.74) is 6.69. The lowest BCUT2D eigenvalue weighted by molar-refractivity contribution is -0.117. The standard InChI is InChI=1S/C11H11BrCl2N2O/c12-4-6-1-10(17)16(5-6)11-8(13)2-7(15)3-9(11)14/h2-3,6H,1,4-5,15H2. The molecule has 1 aromatic carbocycles. The summed E-state index contributed by atoms with van der Waals surface area (Å²) in [5, 5.41) is 1.62. The predicted molar refractivity (Wildman–Crippen MR) is 75.1 cm³/mol. The number of nitrogens with zero attached hydrogens (tertiary/aromatic N) is 1. The van der Waals surface area contributed by atoms with E-state index in [2.05, 4.69) is 15.9 Å². The molecule has 92 valence electrons. The van der Waals surface area contributed by atoms with Crippen molar-refractivity contribution < 1.29 is 4.79 Å². The fourth-order valence-electron chi connectivity index (χ4n) is 1.94. The summed E-state index contributed by atoms with van der Waals surface area (Å²) in [4.78, 5) is 13.5. The van der Waals surface area contributed by atoms with Crippen LogP contribution in [0.2, 0.25) is 10.0 Å². The van der Waals surface area contributed by atoms with Crippen LogP contribution in [0.5, 0.6) is 0 Å². The summed E-state index contributed by atoms with van der Waals surface area (Å²) in [6, 6.07) is 3.22. The topological polar surface area (TPSA) is 46.3 Å². The highest BCUT2D eigenvalue weighted by Crippen LogP contribution is 2.39. The quantitative estimate of drug-likeness (QED) is 0.664. The molecule has 0 bridgehead atoms. The lowest BCUT2D eigenvalue weighted by Gasteiger charge is -2.19. The van der Waals surface area contributed by atoms with Crippen molar-refractivity contribution in [3.8, 4) is 0 Å². The fraction of sp³-hybridized carbons (Fsp3) is 0.364. The number of hydrogen-bond donors (Lipinski definition) is 1. The highest BCUT2D eigenvalue weighted by Gasteiger charge is 2.32. The van der Waals surface area contributed by atoms with Crippen molar-refractivity contribution in [3.05, 3.63) is 22.2 Å². The minimum Gasteiger partial charge on any atom is -0.399 e. The third-order valence-electron chi connectivity index (χ3n) is 2.73. The number of rotatable bonds is 2. The van der Waals surface area contributed by atoms with E-state index in [1.54, 1.807) is 17.0 Å². The normalized spacial score (nSPS) is 20.1. The molecule has 1 unspecified atom stereocenters. The van der Waals surface area contributed by atoms with Crippen LogP contribution >= 0.6 is 39.1 Å². The van der Waals surface area contributed by atoms with Gasteiger partial charge in [0, 0.05) is 24.0 Å². The number of amides is 1. The van der Waals surface area contributed by atoms with Crippen molar-refractivity contribution >= 4 is 56.4 Å². The van der Waals surface area contributed by atoms with Gasteiger partial charge >= 0.3 is 0 Å². The van der Waals surface area contributed by atoms with Crippen molar-refractivity contribution in [2.24, 2.45) is 5.92 Å². The molecule has 2 rings (SSSR count). The molecule has 0 aliphatic carbocycles.